The second-order valence-electron chi connectivity index (χ2n) is 8.88. The Balaban J connectivity index is 1.48. The van der Waals surface area contributed by atoms with Gasteiger partial charge in [0, 0.05) is 21.5 Å². The van der Waals surface area contributed by atoms with Crippen LogP contribution in [0.1, 0.15) is 36.4 Å². The van der Waals surface area contributed by atoms with Gasteiger partial charge in [0.2, 0.25) is 0 Å². The van der Waals surface area contributed by atoms with E-state index in [9.17, 15) is 14.4 Å². The molecule has 1 fully saturated rings. The maximum atomic E-state index is 12.8. The molecule has 1 aliphatic rings. The molecule has 0 N–H and O–H groups in total. The molecule has 1 aromatic heterocycles. The number of amides is 2. The monoisotopic (exact) mass is 582 g/mol. The average Bonchev–Trinajstić information content (AvgIpc) is 3.27. The summed E-state index contributed by atoms with van der Waals surface area (Å²) in [6.45, 7) is 7.45. The van der Waals surface area contributed by atoms with Crippen molar-refractivity contribution in [1.82, 2.24) is 9.47 Å². The fraction of sp³-hybridized carbons (Fsp3) is 0.250. The minimum absolute atomic E-state index is 0.277. The Morgan fingerprint density at radius 3 is 2.38 bits per heavy atom. The van der Waals surface area contributed by atoms with E-state index in [4.69, 9.17) is 9.47 Å². The topological polar surface area (TPSA) is 77.8 Å². The SMILES string of the molecule is Cc1cc(/C=C2/SC(=O)N(CC(=O)OC(C)C)C2=O)c(C)n1-c1ccc(OCc2ccc(Br)cc2)cc1. The largest absolute Gasteiger partial charge is 0.489 e. The van der Waals surface area contributed by atoms with E-state index >= 15 is 0 Å². The molecule has 0 spiro atoms. The number of hydrogen-bond donors (Lipinski definition) is 0. The fourth-order valence-electron chi connectivity index (χ4n) is 3.98. The molecule has 0 radical (unpaired) electrons. The summed E-state index contributed by atoms with van der Waals surface area (Å²) in [4.78, 5) is 38.4. The zero-order chi connectivity index (χ0) is 26.7. The van der Waals surface area contributed by atoms with E-state index in [1.165, 1.54) is 0 Å². The lowest BCUT2D eigenvalue weighted by Crippen LogP contribution is -2.35. The van der Waals surface area contributed by atoms with E-state index in [0.29, 0.717) is 6.61 Å². The number of carbonyl (C=O) groups excluding carboxylic acids is 3. The molecule has 9 heteroatoms. The van der Waals surface area contributed by atoms with Gasteiger partial charge in [0.25, 0.3) is 11.1 Å². The van der Waals surface area contributed by atoms with Gasteiger partial charge < -0.3 is 14.0 Å². The molecule has 192 valence electrons. The first-order chi connectivity index (χ1) is 17.6. The summed E-state index contributed by atoms with van der Waals surface area (Å²) >= 11 is 4.26. The number of hydrogen-bond acceptors (Lipinski definition) is 6. The molecule has 0 saturated carbocycles. The van der Waals surface area contributed by atoms with Crippen molar-refractivity contribution in [2.75, 3.05) is 6.54 Å². The van der Waals surface area contributed by atoms with Gasteiger partial charge in [0.05, 0.1) is 11.0 Å². The zero-order valence-electron chi connectivity index (χ0n) is 21.0. The van der Waals surface area contributed by atoms with Crippen molar-refractivity contribution in [3.05, 3.63) is 86.5 Å². The number of aryl methyl sites for hydroxylation is 1. The van der Waals surface area contributed by atoms with E-state index in [1.807, 2.05) is 68.4 Å². The van der Waals surface area contributed by atoms with Crippen molar-refractivity contribution in [3.63, 3.8) is 0 Å². The third-order valence-electron chi connectivity index (χ3n) is 5.70. The third-order valence-corrected chi connectivity index (χ3v) is 7.13. The van der Waals surface area contributed by atoms with Gasteiger partial charge in [-0.15, -0.1) is 0 Å². The number of imide groups is 1. The Labute approximate surface area is 228 Å². The molecule has 2 heterocycles. The second-order valence-corrected chi connectivity index (χ2v) is 10.8. The molecule has 0 atom stereocenters. The quantitative estimate of drug-likeness (QED) is 0.225. The van der Waals surface area contributed by atoms with E-state index < -0.39 is 23.7 Å². The first-order valence-corrected chi connectivity index (χ1v) is 13.3. The fourth-order valence-corrected chi connectivity index (χ4v) is 5.07. The maximum Gasteiger partial charge on any atom is 0.326 e. The Morgan fingerprint density at radius 1 is 1.05 bits per heavy atom. The summed E-state index contributed by atoms with van der Waals surface area (Å²) in [6.07, 6.45) is 1.38. The van der Waals surface area contributed by atoms with E-state index in [-0.39, 0.29) is 11.0 Å². The van der Waals surface area contributed by atoms with Gasteiger partial charge in [-0.05, 0) is 99.1 Å². The number of halogens is 1. The van der Waals surface area contributed by atoms with Crippen molar-refractivity contribution in [3.8, 4) is 11.4 Å². The Kier molecular flexibility index (Phi) is 8.24. The minimum Gasteiger partial charge on any atom is -0.489 e. The highest BCUT2D eigenvalue weighted by molar-refractivity contribution is 9.10. The summed E-state index contributed by atoms with van der Waals surface area (Å²) < 4.78 is 14.1. The predicted molar refractivity (Wildman–Crippen MR) is 148 cm³/mol. The van der Waals surface area contributed by atoms with E-state index in [2.05, 4.69) is 20.5 Å². The highest BCUT2D eigenvalue weighted by atomic mass is 79.9. The average molecular weight is 584 g/mol. The Bertz CT molecular complexity index is 1360. The van der Waals surface area contributed by atoms with Crippen LogP contribution in [0.5, 0.6) is 5.75 Å². The van der Waals surface area contributed by atoms with Crippen LogP contribution in [0.15, 0.2) is 64.0 Å². The molecule has 2 aromatic carbocycles. The molecule has 2 amide bonds. The molecule has 1 aliphatic heterocycles. The summed E-state index contributed by atoms with van der Waals surface area (Å²) in [7, 11) is 0. The number of benzene rings is 2. The molecule has 0 unspecified atom stereocenters. The Morgan fingerprint density at radius 2 is 1.73 bits per heavy atom. The van der Waals surface area contributed by atoms with Crippen LogP contribution in [-0.4, -0.2) is 39.2 Å². The van der Waals surface area contributed by atoms with Crippen LogP contribution >= 0.6 is 27.7 Å². The van der Waals surface area contributed by atoms with Gasteiger partial charge >= 0.3 is 5.97 Å². The van der Waals surface area contributed by atoms with Crippen molar-refractivity contribution in [2.24, 2.45) is 0 Å². The molecule has 4 rings (SSSR count). The van der Waals surface area contributed by atoms with Crippen LogP contribution in [0.4, 0.5) is 4.79 Å². The summed E-state index contributed by atoms with van der Waals surface area (Å²) in [6, 6.07) is 17.8. The van der Waals surface area contributed by atoms with Gasteiger partial charge in [-0.2, -0.15) is 0 Å². The highest BCUT2D eigenvalue weighted by Crippen LogP contribution is 2.34. The van der Waals surface area contributed by atoms with Crippen LogP contribution in [0.2, 0.25) is 0 Å². The van der Waals surface area contributed by atoms with Crippen LogP contribution in [-0.2, 0) is 20.9 Å². The van der Waals surface area contributed by atoms with Crippen molar-refractivity contribution in [2.45, 2.75) is 40.4 Å². The van der Waals surface area contributed by atoms with Gasteiger partial charge in [-0.3, -0.25) is 19.3 Å². The van der Waals surface area contributed by atoms with Gasteiger partial charge in [-0.25, -0.2) is 0 Å². The predicted octanol–water partition coefficient (Wildman–Crippen LogP) is 6.42. The van der Waals surface area contributed by atoms with Crippen LogP contribution < -0.4 is 4.74 Å². The van der Waals surface area contributed by atoms with Gasteiger partial charge in [-0.1, -0.05) is 28.1 Å². The minimum atomic E-state index is -0.610. The Hall–Kier alpha value is -3.30. The number of thioether (sulfide) groups is 1. The number of rotatable bonds is 8. The molecular weight excluding hydrogens is 556 g/mol. The van der Waals surface area contributed by atoms with E-state index in [1.54, 1.807) is 19.9 Å². The molecule has 1 saturated heterocycles. The molecule has 0 aliphatic carbocycles. The highest BCUT2D eigenvalue weighted by Gasteiger charge is 2.37. The first kappa shape index (κ1) is 26.8. The lowest BCUT2D eigenvalue weighted by atomic mass is 10.2. The van der Waals surface area contributed by atoms with Crippen molar-refractivity contribution in [1.29, 1.82) is 0 Å². The van der Waals surface area contributed by atoms with Gasteiger partial charge in [0.15, 0.2) is 0 Å². The summed E-state index contributed by atoms with van der Waals surface area (Å²) in [5, 5.41) is -0.482. The number of aromatic nitrogens is 1. The van der Waals surface area contributed by atoms with E-state index in [0.717, 1.165) is 55.1 Å². The summed E-state index contributed by atoms with van der Waals surface area (Å²) in [5.41, 5.74) is 4.76. The molecule has 7 nitrogen and oxygen atoms in total. The number of carbonyl (C=O) groups is 3. The van der Waals surface area contributed by atoms with Gasteiger partial charge in [0.1, 0.15) is 18.9 Å². The standard InChI is InChI=1S/C28H27BrN2O5S/c1-17(2)36-26(32)15-30-27(33)25(37-28(30)34)14-21-13-18(3)31(19(21)4)23-9-11-24(12-10-23)35-16-20-5-7-22(29)8-6-20/h5-14,17H,15-16H2,1-4H3/b25-14+. The van der Waals surface area contributed by atoms with Crippen LogP contribution in [0.25, 0.3) is 11.8 Å². The zero-order valence-corrected chi connectivity index (χ0v) is 23.4. The smallest absolute Gasteiger partial charge is 0.326 e. The molecular formula is C28H27BrN2O5S. The molecule has 37 heavy (non-hydrogen) atoms. The van der Waals surface area contributed by atoms with Crippen LogP contribution in [0, 0.1) is 13.8 Å². The summed E-state index contributed by atoms with van der Waals surface area (Å²) in [5.74, 6) is -0.340. The first-order valence-electron chi connectivity index (χ1n) is 11.7. The molecule has 0 bridgehead atoms. The lowest BCUT2D eigenvalue weighted by Gasteiger charge is -2.13. The lowest BCUT2D eigenvalue weighted by molar-refractivity contribution is -0.149. The number of ether oxygens (including phenoxy) is 2. The maximum absolute atomic E-state index is 12.8. The second kappa shape index (κ2) is 11.4. The normalized spacial score (nSPS) is 14.6. The van der Waals surface area contributed by atoms with Crippen molar-refractivity contribution >= 4 is 50.9 Å². The number of esters is 1. The molecule has 3 aromatic rings. The van der Waals surface area contributed by atoms with Crippen LogP contribution in [0.3, 0.4) is 0 Å². The van der Waals surface area contributed by atoms with Crippen molar-refractivity contribution < 1.29 is 23.9 Å². The number of nitrogens with zero attached hydrogens (tertiary/aromatic N) is 2. The third kappa shape index (κ3) is 6.34.